The van der Waals surface area contributed by atoms with E-state index in [1.54, 1.807) is 12.1 Å². The van der Waals surface area contributed by atoms with E-state index >= 15 is 0 Å². The maximum Gasteiger partial charge on any atom is 0.145 e. The summed E-state index contributed by atoms with van der Waals surface area (Å²) in [5, 5.41) is 13.3. The molecule has 0 atom stereocenters. The van der Waals surface area contributed by atoms with E-state index in [9.17, 15) is 5.11 Å². The second-order valence-corrected chi connectivity index (χ2v) is 6.87. The summed E-state index contributed by atoms with van der Waals surface area (Å²) in [6, 6.07) is 3.30. The first-order valence-electron chi connectivity index (χ1n) is 6.40. The zero-order valence-corrected chi connectivity index (χ0v) is 13.2. The van der Waals surface area contributed by atoms with Crippen LogP contribution in [0.5, 0.6) is 5.75 Å². The Morgan fingerprint density at radius 2 is 1.84 bits per heavy atom. The predicted molar refractivity (Wildman–Crippen MR) is 80.9 cm³/mol. The third-order valence-corrected chi connectivity index (χ3v) is 5.30. The van der Waals surface area contributed by atoms with Gasteiger partial charge in [0.2, 0.25) is 0 Å². The lowest BCUT2D eigenvalue weighted by Crippen LogP contribution is -2.20. The van der Waals surface area contributed by atoms with Crippen molar-refractivity contribution in [2.75, 3.05) is 7.11 Å². The van der Waals surface area contributed by atoms with E-state index in [4.69, 9.17) is 27.9 Å². The first-order chi connectivity index (χ1) is 9.13. The molecule has 0 amide bonds. The molecule has 0 N–H and O–H groups in total. The number of rotatable bonds is 3. The fourth-order valence-corrected chi connectivity index (χ4v) is 4.21. The third kappa shape index (κ3) is 3.64. The van der Waals surface area contributed by atoms with Crippen LogP contribution in [-0.2, 0) is 0 Å². The zero-order valence-electron chi connectivity index (χ0n) is 10.8. The van der Waals surface area contributed by atoms with E-state index in [-0.39, 0.29) is 5.48 Å². The summed E-state index contributed by atoms with van der Waals surface area (Å²) in [6.07, 6.45) is 5.94. The monoisotopic (exact) mass is 317 g/mol. The van der Waals surface area contributed by atoms with Crippen LogP contribution in [0.4, 0.5) is 0 Å². The smallest absolute Gasteiger partial charge is 0.145 e. The van der Waals surface area contributed by atoms with Crippen molar-refractivity contribution in [3.8, 4) is 5.75 Å². The molecule has 19 heavy (non-hydrogen) atoms. The molecule has 0 radical (unpaired) electrons. The molecule has 5 heteroatoms. The molecule has 0 aliphatic heterocycles. The molecule has 1 fully saturated rings. The lowest BCUT2D eigenvalue weighted by molar-refractivity contribution is -0.207. The summed E-state index contributed by atoms with van der Waals surface area (Å²) < 4.78 is 5.23. The highest BCUT2D eigenvalue weighted by Gasteiger charge is 2.14. The minimum absolute atomic E-state index is 0.0104. The molecule has 1 aliphatic carbocycles. The summed E-state index contributed by atoms with van der Waals surface area (Å²) in [5.41, 5.74) is 0.876. The lowest BCUT2D eigenvalue weighted by Gasteiger charge is -2.23. The number of hydrogen-bond donors (Lipinski definition) is 0. The zero-order chi connectivity index (χ0) is 13.8. The molecular weight excluding hydrogens is 302 g/mol. The van der Waals surface area contributed by atoms with Gasteiger partial charge in [0.15, 0.2) is 0 Å². The van der Waals surface area contributed by atoms with Gasteiger partial charge >= 0.3 is 0 Å². The second-order valence-electron chi connectivity index (χ2n) is 4.66. The first kappa shape index (κ1) is 15.1. The van der Waals surface area contributed by atoms with Gasteiger partial charge in [0, 0.05) is 5.56 Å². The molecular formula is C14H16Cl2O2P-. The Bertz CT molecular complexity index is 483. The average molecular weight is 318 g/mol. The maximum atomic E-state index is 12.4. The van der Waals surface area contributed by atoms with Crippen LogP contribution in [0, 0.1) is 0 Å². The molecule has 1 saturated carbocycles. The maximum absolute atomic E-state index is 12.4. The van der Waals surface area contributed by atoms with Crippen LogP contribution in [0.2, 0.25) is 10.0 Å². The van der Waals surface area contributed by atoms with Gasteiger partial charge in [0.1, 0.15) is 5.75 Å². The Balaban J connectivity index is 2.34. The molecule has 1 aliphatic rings. The summed E-state index contributed by atoms with van der Waals surface area (Å²) in [5.74, 6) is 0.391. The molecule has 1 aromatic carbocycles. The van der Waals surface area contributed by atoms with Crippen molar-refractivity contribution >= 4 is 36.9 Å². The van der Waals surface area contributed by atoms with Gasteiger partial charge in [-0.05, 0) is 30.6 Å². The molecule has 104 valence electrons. The van der Waals surface area contributed by atoms with Gasteiger partial charge in [-0.2, -0.15) is 0 Å². The minimum Gasteiger partial charge on any atom is -0.823 e. The Morgan fingerprint density at radius 1 is 1.21 bits per heavy atom. The highest BCUT2D eigenvalue weighted by atomic mass is 35.5. The quantitative estimate of drug-likeness (QED) is 0.785. The number of benzene rings is 1. The normalized spacial score (nSPS) is 17.6. The van der Waals surface area contributed by atoms with Gasteiger partial charge < -0.3 is 9.84 Å². The molecule has 2 nitrogen and oxygen atoms in total. The van der Waals surface area contributed by atoms with E-state index in [0.717, 1.165) is 21.0 Å². The Kier molecular flexibility index (Phi) is 5.53. The summed E-state index contributed by atoms with van der Waals surface area (Å²) in [6.45, 7) is 0. The molecule has 0 heterocycles. The number of halogens is 2. The molecule has 1 aromatic rings. The Morgan fingerprint density at radius 3 is 2.47 bits per heavy atom. The molecule has 0 spiro atoms. The SMILES string of the molecule is COc1c(Cl)ccc(Cl)c1C([O-])=PC1CCCCC1. The molecule has 0 aromatic heterocycles. The number of methoxy groups -OCH3 is 1. The topological polar surface area (TPSA) is 32.3 Å². The number of hydrogen-bond acceptors (Lipinski definition) is 2. The van der Waals surface area contributed by atoms with Crippen LogP contribution in [0.3, 0.4) is 0 Å². The van der Waals surface area contributed by atoms with Gasteiger partial charge in [-0.1, -0.05) is 42.5 Å². The fourth-order valence-electron chi connectivity index (χ4n) is 2.37. The van der Waals surface area contributed by atoms with E-state index in [2.05, 4.69) is 0 Å². The van der Waals surface area contributed by atoms with E-state index in [1.165, 1.54) is 26.4 Å². The van der Waals surface area contributed by atoms with Crippen molar-refractivity contribution in [2.45, 2.75) is 37.8 Å². The van der Waals surface area contributed by atoms with Crippen LogP contribution in [0.1, 0.15) is 37.7 Å². The van der Waals surface area contributed by atoms with Crippen LogP contribution in [0.25, 0.3) is 0 Å². The van der Waals surface area contributed by atoms with Crippen LogP contribution >= 0.6 is 31.4 Å². The second kappa shape index (κ2) is 6.95. The largest absolute Gasteiger partial charge is 0.823 e. The van der Waals surface area contributed by atoms with Crippen LogP contribution in [0.15, 0.2) is 12.1 Å². The van der Waals surface area contributed by atoms with Gasteiger partial charge in [0.25, 0.3) is 0 Å². The van der Waals surface area contributed by atoms with Gasteiger partial charge in [-0.25, -0.2) is 0 Å². The van der Waals surface area contributed by atoms with Crippen molar-refractivity contribution in [3.05, 3.63) is 27.7 Å². The minimum atomic E-state index is 0.0104. The van der Waals surface area contributed by atoms with Crippen molar-refractivity contribution in [1.29, 1.82) is 0 Å². The van der Waals surface area contributed by atoms with Gasteiger partial charge in [-0.3, -0.25) is 0 Å². The number of ether oxygens (including phenoxy) is 1. The summed E-state index contributed by atoms with van der Waals surface area (Å²) in [4.78, 5) is 0. The molecule has 2 rings (SSSR count). The first-order valence-corrected chi connectivity index (χ1v) is 8.12. The van der Waals surface area contributed by atoms with Crippen molar-refractivity contribution in [1.82, 2.24) is 0 Å². The van der Waals surface area contributed by atoms with Crippen LogP contribution in [-0.4, -0.2) is 18.2 Å². The summed E-state index contributed by atoms with van der Waals surface area (Å²) >= 11 is 12.2. The van der Waals surface area contributed by atoms with Gasteiger partial charge in [0.05, 0.1) is 17.2 Å². The van der Waals surface area contributed by atoms with Crippen molar-refractivity contribution in [3.63, 3.8) is 0 Å². The van der Waals surface area contributed by atoms with Crippen molar-refractivity contribution < 1.29 is 9.84 Å². The van der Waals surface area contributed by atoms with Gasteiger partial charge in [-0.15, -0.1) is 13.7 Å². The molecule has 0 bridgehead atoms. The summed E-state index contributed by atoms with van der Waals surface area (Å²) in [7, 11) is 2.32. The molecule has 0 unspecified atom stereocenters. The average Bonchev–Trinajstić information content (AvgIpc) is 2.42. The highest BCUT2D eigenvalue weighted by molar-refractivity contribution is 7.41. The third-order valence-electron chi connectivity index (χ3n) is 3.35. The standard InChI is InChI=1S/C14H17Cl2O2P/c1-18-13-11(16)8-7-10(15)12(13)14(17)19-9-5-3-2-4-6-9/h7-9,17H,2-6H2,1H3/p-1. The van der Waals surface area contributed by atoms with Crippen molar-refractivity contribution in [2.24, 2.45) is 0 Å². The lowest BCUT2D eigenvalue weighted by atomic mass is 10.0. The predicted octanol–water partition coefficient (Wildman–Crippen LogP) is 4.12. The Labute approximate surface area is 125 Å². The van der Waals surface area contributed by atoms with Crippen LogP contribution < -0.4 is 9.84 Å². The fraction of sp³-hybridized carbons (Fsp3) is 0.500. The highest BCUT2D eigenvalue weighted by Crippen LogP contribution is 2.36. The van der Waals surface area contributed by atoms with E-state index in [0.29, 0.717) is 27.0 Å². The van der Waals surface area contributed by atoms with E-state index in [1.807, 2.05) is 0 Å². The Hall–Kier alpha value is -0.270. The molecule has 0 saturated heterocycles. The van der Waals surface area contributed by atoms with E-state index < -0.39 is 0 Å².